The zero-order valence-corrected chi connectivity index (χ0v) is 19.2. The van der Waals surface area contributed by atoms with Crippen LogP contribution in [0.4, 0.5) is 23.7 Å². The van der Waals surface area contributed by atoms with Crippen molar-refractivity contribution in [2.24, 2.45) is 0 Å². The first-order valence-corrected chi connectivity index (χ1v) is 10.9. The number of hydrogen-bond acceptors (Lipinski definition) is 5. The molecule has 1 atom stereocenters. The summed E-state index contributed by atoms with van der Waals surface area (Å²) in [5, 5.41) is 2.37. The molecule has 1 N–H and O–H groups in total. The van der Waals surface area contributed by atoms with Crippen LogP contribution in [0.25, 0.3) is 0 Å². The van der Waals surface area contributed by atoms with Gasteiger partial charge in [0.25, 0.3) is 0 Å². The fraction of sp³-hybridized carbons (Fsp3) is 0.417. The number of anilines is 1. The second kappa shape index (κ2) is 10.7. The van der Waals surface area contributed by atoms with E-state index in [0.717, 1.165) is 11.6 Å². The van der Waals surface area contributed by atoms with Gasteiger partial charge in [-0.05, 0) is 55.7 Å². The first-order chi connectivity index (χ1) is 16.2. The molecule has 3 rings (SSSR count). The second-order valence-electron chi connectivity index (χ2n) is 7.58. The summed E-state index contributed by atoms with van der Waals surface area (Å²) in [7, 11) is 1.24. The molecule has 1 aliphatic rings. The van der Waals surface area contributed by atoms with E-state index in [4.69, 9.17) is 14.2 Å². The highest BCUT2D eigenvalue weighted by atomic mass is 19.4. The molecule has 0 spiro atoms. The van der Waals surface area contributed by atoms with Crippen LogP contribution < -0.4 is 14.8 Å². The average molecular weight is 480 g/mol. The molecule has 2 amide bonds. The normalized spacial score (nSPS) is 15.4. The molecule has 1 aliphatic heterocycles. The van der Waals surface area contributed by atoms with Crippen molar-refractivity contribution in [3.8, 4) is 11.5 Å². The van der Waals surface area contributed by atoms with Gasteiger partial charge in [0.2, 0.25) is 0 Å². The SMILES string of the molecule is CCOc1cc2c(cc1OCC)[C@@H](CC(=O)OC)N(C(=O)Nc1ccccc1C(F)(F)F)CC2. The Morgan fingerprint density at radius 3 is 2.35 bits per heavy atom. The molecule has 0 radical (unpaired) electrons. The molecule has 0 saturated carbocycles. The number of para-hydroxylation sites is 1. The minimum absolute atomic E-state index is 0.169. The lowest BCUT2D eigenvalue weighted by molar-refractivity contribution is -0.142. The van der Waals surface area contributed by atoms with E-state index in [-0.39, 0.29) is 18.7 Å². The number of ether oxygens (including phenoxy) is 3. The van der Waals surface area contributed by atoms with Gasteiger partial charge in [0, 0.05) is 6.54 Å². The Morgan fingerprint density at radius 2 is 1.74 bits per heavy atom. The minimum Gasteiger partial charge on any atom is -0.490 e. The van der Waals surface area contributed by atoms with E-state index in [9.17, 15) is 22.8 Å². The Hall–Kier alpha value is -3.43. The number of rotatable bonds is 7. The van der Waals surface area contributed by atoms with Crippen molar-refractivity contribution < 1.29 is 37.0 Å². The molecule has 0 aromatic heterocycles. The topological polar surface area (TPSA) is 77.1 Å². The predicted octanol–water partition coefficient (Wildman–Crippen LogP) is 5.20. The summed E-state index contributed by atoms with van der Waals surface area (Å²) in [5.74, 6) is 0.456. The number of nitrogens with one attached hydrogen (secondary N) is 1. The van der Waals surface area contributed by atoms with E-state index < -0.39 is 29.8 Å². The number of urea groups is 1. The van der Waals surface area contributed by atoms with Gasteiger partial charge in [-0.25, -0.2) is 4.79 Å². The van der Waals surface area contributed by atoms with Crippen LogP contribution >= 0.6 is 0 Å². The summed E-state index contributed by atoms with van der Waals surface area (Å²) in [6.07, 6.45) is -4.38. The number of methoxy groups -OCH3 is 1. The highest BCUT2D eigenvalue weighted by Crippen LogP contribution is 2.41. The van der Waals surface area contributed by atoms with Crippen molar-refractivity contribution in [2.75, 3.05) is 32.2 Å². The maximum atomic E-state index is 13.4. The Morgan fingerprint density at radius 1 is 1.09 bits per heavy atom. The number of fused-ring (bicyclic) bond motifs is 1. The molecule has 34 heavy (non-hydrogen) atoms. The molecule has 184 valence electrons. The van der Waals surface area contributed by atoms with E-state index in [1.54, 1.807) is 6.07 Å². The van der Waals surface area contributed by atoms with Crippen LogP contribution in [-0.2, 0) is 22.1 Å². The summed E-state index contributed by atoms with van der Waals surface area (Å²) in [6.45, 7) is 4.66. The first kappa shape index (κ1) is 25.2. The molecule has 2 aromatic carbocycles. The van der Waals surface area contributed by atoms with Gasteiger partial charge in [-0.1, -0.05) is 12.1 Å². The largest absolute Gasteiger partial charge is 0.490 e. The third-order valence-corrected chi connectivity index (χ3v) is 5.49. The Bertz CT molecular complexity index is 1040. The molecule has 0 unspecified atom stereocenters. The van der Waals surface area contributed by atoms with E-state index in [1.807, 2.05) is 19.9 Å². The van der Waals surface area contributed by atoms with Gasteiger partial charge in [0.15, 0.2) is 11.5 Å². The Labute approximate surface area is 195 Å². The van der Waals surface area contributed by atoms with Crippen molar-refractivity contribution in [1.82, 2.24) is 4.90 Å². The molecule has 0 fully saturated rings. The second-order valence-corrected chi connectivity index (χ2v) is 7.58. The number of esters is 1. The number of amides is 2. The number of hydrogen-bond donors (Lipinski definition) is 1. The number of alkyl halides is 3. The molecule has 2 aromatic rings. The highest BCUT2D eigenvalue weighted by molar-refractivity contribution is 5.91. The van der Waals surface area contributed by atoms with E-state index in [0.29, 0.717) is 36.7 Å². The fourth-order valence-electron chi connectivity index (χ4n) is 3.98. The lowest BCUT2D eigenvalue weighted by Crippen LogP contribution is -2.43. The van der Waals surface area contributed by atoms with Crippen molar-refractivity contribution in [3.63, 3.8) is 0 Å². The smallest absolute Gasteiger partial charge is 0.418 e. The predicted molar refractivity (Wildman–Crippen MR) is 119 cm³/mol. The van der Waals surface area contributed by atoms with Crippen LogP contribution in [0.1, 0.15) is 43.0 Å². The summed E-state index contributed by atoms with van der Waals surface area (Å²) in [5.41, 5.74) is 0.206. The van der Waals surface area contributed by atoms with Crippen LogP contribution in [0.15, 0.2) is 36.4 Å². The van der Waals surface area contributed by atoms with Crippen LogP contribution in [0.2, 0.25) is 0 Å². The summed E-state index contributed by atoms with van der Waals surface area (Å²) in [4.78, 5) is 26.7. The first-order valence-electron chi connectivity index (χ1n) is 10.9. The lowest BCUT2D eigenvalue weighted by atomic mass is 9.90. The van der Waals surface area contributed by atoms with Gasteiger partial charge in [0.05, 0.1) is 44.0 Å². The summed E-state index contributed by atoms with van der Waals surface area (Å²) in [6, 6.07) is 6.79. The van der Waals surface area contributed by atoms with Crippen LogP contribution in [0, 0.1) is 0 Å². The van der Waals surface area contributed by atoms with Gasteiger partial charge in [-0.3, -0.25) is 4.79 Å². The number of benzene rings is 2. The van der Waals surface area contributed by atoms with Gasteiger partial charge in [-0.15, -0.1) is 0 Å². The molecule has 0 saturated heterocycles. The van der Waals surface area contributed by atoms with Gasteiger partial charge in [-0.2, -0.15) is 13.2 Å². The van der Waals surface area contributed by atoms with E-state index in [2.05, 4.69) is 5.32 Å². The number of carbonyl (C=O) groups is 2. The molecule has 0 bridgehead atoms. The quantitative estimate of drug-likeness (QED) is 0.552. The van der Waals surface area contributed by atoms with Gasteiger partial charge >= 0.3 is 18.2 Å². The zero-order valence-electron chi connectivity index (χ0n) is 19.2. The Kier molecular flexibility index (Phi) is 7.90. The molecule has 10 heteroatoms. The maximum Gasteiger partial charge on any atom is 0.418 e. The van der Waals surface area contributed by atoms with Crippen LogP contribution in [-0.4, -0.2) is 43.8 Å². The Balaban J connectivity index is 1.98. The molecule has 0 aliphatic carbocycles. The number of halogens is 3. The van der Waals surface area contributed by atoms with Crippen LogP contribution in [0.5, 0.6) is 11.5 Å². The molecule has 7 nitrogen and oxygen atoms in total. The standard InChI is InChI=1S/C24H27F3N2O5/c1-4-33-20-12-15-10-11-29(19(14-22(30)32-3)16(15)13-21(20)34-5-2)23(31)28-18-9-7-6-8-17(18)24(25,26)27/h6-9,12-13,19H,4-5,10-11,14H2,1-3H3,(H,28,31)/t19-/m1/s1. The van der Waals surface area contributed by atoms with E-state index >= 15 is 0 Å². The fourth-order valence-corrected chi connectivity index (χ4v) is 3.98. The molecular formula is C24H27F3N2O5. The maximum absolute atomic E-state index is 13.4. The summed E-state index contributed by atoms with van der Waals surface area (Å²) < 4.78 is 56.4. The third-order valence-electron chi connectivity index (χ3n) is 5.49. The average Bonchev–Trinajstić information content (AvgIpc) is 2.79. The minimum atomic E-state index is -4.63. The van der Waals surface area contributed by atoms with Crippen molar-refractivity contribution in [3.05, 3.63) is 53.1 Å². The van der Waals surface area contributed by atoms with Crippen molar-refractivity contribution in [1.29, 1.82) is 0 Å². The van der Waals surface area contributed by atoms with Gasteiger partial charge < -0.3 is 24.4 Å². The lowest BCUT2D eigenvalue weighted by Gasteiger charge is -2.37. The number of nitrogens with zero attached hydrogens (tertiary/aromatic N) is 1. The van der Waals surface area contributed by atoms with Crippen molar-refractivity contribution >= 4 is 17.7 Å². The molecule has 1 heterocycles. The monoisotopic (exact) mass is 480 g/mol. The van der Waals surface area contributed by atoms with Crippen LogP contribution in [0.3, 0.4) is 0 Å². The third kappa shape index (κ3) is 5.55. The molecular weight excluding hydrogens is 453 g/mol. The van der Waals surface area contributed by atoms with E-state index in [1.165, 1.54) is 30.2 Å². The summed E-state index contributed by atoms with van der Waals surface area (Å²) >= 11 is 0. The van der Waals surface area contributed by atoms with Gasteiger partial charge in [0.1, 0.15) is 0 Å². The number of carbonyl (C=O) groups excluding carboxylic acids is 2. The van der Waals surface area contributed by atoms with Crippen molar-refractivity contribution in [2.45, 2.75) is 38.9 Å². The zero-order chi connectivity index (χ0) is 24.9. The highest BCUT2D eigenvalue weighted by Gasteiger charge is 2.37.